The Morgan fingerprint density at radius 2 is 1.91 bits per heavy atom. The summed E-state index contributed by atoms with van der Waals surface area (Å²) in [5, 5.41) is 1.56. The zero-order chi connectivity index (χ0) is 21.7. The summed E-state index contributed by atoms with van der Waals surface area (Å²) >= 11 is 1.54. The summed E-state index contributed by atoms with van der Waals surface area (Å²) in [7, 11) is 0. The number of aryl methyl sites for hydroxylation is 1. The minimum absolute atomic E-state index is 0.406. The van der Waals surface area contributed by atoms with Crippen molar-refractivity contribution >= 4 is 44.2 Å². The number of nitrogens with zero attached hydrogens (tertiary/aromatic N) is 2. The average Bonchev–Trinajstić information content (AvgIpc) is 3.39. The number of H-pyrrole nitrogens is 1. The lowest BCUT2D eigenvalue weighted by atomic mass is 9.95. The average molecular weight is 441 g/mol. The van der Waals surface area contributed by atoms with Gasteiger partial charge in [0.25, 0.3) is 5.91 Å². The van der Waals surface area contributed by atoms with Crippen LogP contribution in [0, 0.1) is 0 Å². The maximum Gasteiger partial charge on any atom is 0.252 e. The molecule has 0 bridgehead atoms. The van der Waals surface area contributed by atoms with E-state index < -0.39 is 5.91 Å². The highest BCUT2D eigenvalue weighted by Crippen LogP contribution is 2.39. The second-order valence-corrected chi connectivity index (χ2v) is 9.06. The lowest BCUT2D eigenvalue weighted by molar-refractivity contribution is 0.1000. The number of hydrogen-bond donors (Lipinski definition) is 2. The highest BCUT2D eigenvalue weighted by atomic mass is 32.1. The molecule has 0 atom stereocenters. The third-order valence-corrected chi connectivity index (χ3v) is 7.09. The van der Waals surface area contributed by atoms with Crippen molar-refractivity contribution in [2.75, 3.05) is 0 Å². The van der Waals surface area contributed by atoms with Gasteiger partial charge in [0.2, 0.25) is 5.55 Å². The molecule has 2 aromatic carbocycles. The number of nitrogens with one attached hydrogen (secondary N) is 1. The summed E-state index contributed by atoms with van der Waals surface area (Å²) in [6.07, 6.45) is 4.01. The molecule has 0 radical (unpaired) electrons. The smallest absolute Gasteiger partial charge is 0.252 e. The van der Waals surface area contributed by atoms with Crippen LogP contribution in [0.4, 0.5) is 5.00 Å². The largest absolute Gasteiger partial charge is 0.438 e. The van der Waals surface area contributed by atoms with E-state index in [-0.39, 0.29) is 0 Å². The topological polar surface area (TPSA) is 97.3 Å². The Bertz CT molecular complexity index is 1540. The fraction of sp³-hybridized carbons (Fsp3) is 0.160. The van der Waals surface area contributed by atoms with Gasteiger partial charge in [0.05, 0.1) is 22.2 Å². The fourth-order valence-electron chi connectivity index (χ4n) is 4.38. The van der Waals surface area contributed by atoms with Crippen LogP contribution in [0.15, 0.2) is 64.0 Å². The maximum absolute atomic E-state index is 12.3. The quantitative estimate of drug-likeness (QED) is 0.401. The lowest BCUT2D eigenvalue weighted by Crippen LogP contribution is -2.15. The minimum Gasteiger partial charge on any atom is -0.438 e. The number of carbonyl (C=O) groups excluding carboxylic acids is 1. The van der Waals surface area contributed by atoms with Gasteiger partial charge in [-0.25, -0.2) is 9.98 Å². The molecule has 7 heteroatoms. The van der Waals surface area contributed by atoms with Crippen molar-refractivity contribution in [3.05, 3.63) is 76.2 Å². The molecule has 3 N–H and O–H groups in total. The number of thiophene rings is 1. The molecule has 158 valence electrons. The molecule has 0 saturated carbocycles. The van der Waals surface area contributed by atoms with Crippen molar-refractivity contribution in [1.29, 1.82) is 0 Å². The first-order chi connectivity index (χ1) is 15.7. The molecule has 0 spiro atoms. The Kier molecular flexibility index (Phi) is 4.43. The number of fused-ring (bicyclic) bond motifs is 3. The van der Waals surface area contributed by atoms with E-state index in [4.69, 9.17) is 20.1 Å². The van der Waals surface area contributed by atoms with Crippen LogP contribution in [0.2, 0.25) is 0 Å². The van der Waals surface area contributed by atoms with Gasteiger partial charge in [-0.3, -0.25) is 4.79 Å². The highest BCUT2D eigenvalue weighted by Gasteiger charge is 2.24. The van der Waals surface area contributed by atoms with Gasteiger partial charge in [-0.2, -0.15) is 0 Å². The van der Waals surface area contributed by atoms with E-state index in [2.05, 4.69) is 4.98 Å². The molecular formula is C25H20N4O2S. The van der Waals surface area contributed by atoms with Gasteiger partial charge in [-0.15, -0.1) is 11.3 Å². The van der Waals surface area contributed by atoms with Gasteiger partial charge in [0, 0.05) is 10.3 Å². The third kappa shape index (κ3) is 3.13. The van der Waals surface area contributed by atoms with Gasteiger partial charge in [0.15, 0.2) is 0 Å². The Balaban J connectivity index is 1.64. The molecule has 1 amide bonds. The molecule has 32 heavy (non-hydrogen) atoms. The number of aromatic amines is 1. The van der Waals surface area contributed by atoms with Crippen LogP contribution < -0.4 is 11.3 Å². The number of aromatic nitrogens is 2. The molecule has 0 aliphatic heterocycles. The van der Waals surface area contributed by atoms with Gasteiger partial charge in [-0.05, 0) is 55.5 Å². The number of hydrogen-bond acceptors (Lipinski definition) is 5. The number of benzene rings is 2. The Morgan fingerprint density at radius 3 is 2.78 bits per heavy atom. The van der Waals surface area contributed by atoms with Crippen LogP contribution in [-0.2, 0) is 12.8 Å². The normalized spacial score (nSPS) is 14.2. The SMILES string of the molecule is NC(=O)c1c(/N=c2\oc3ccccc3cc2-c2nc3ccccc3[nH]2)sc2c1CCCC2. The Morgan fingerprint density at radius 1 is 1.09 bits per heavy atom. The van der Waals surface area contributed by atoms with Crippen LogP contribution in [0.5, 0.6) is 0 Å². The van der Waals surface area contributed by atoms with Crippen molar-refractivity contribution in [3.63, 3.8) is 0 Å². The number of rotatable bonds is 3. The number of carbonyl (C=O) groups is 1. The van der Waals surface area contributed by atoms with Gasteiger partial charge in [0.1, 0.15) is 16.4 Å². The maximum atomic E-state index is 12.3. The van der Waals surface area contributed by atoms with Crippen LogP contribution in [0.1, 0.15) is 33.6 Å². The van der Waals surface area contributed by atoms with Gasteiger partial charge < -0.3 is 15.1 Å². The van der Waals surface area contributed by atoms with Crippen LogP contribution in [-0.4, -0.2) is 15.9 Å². The van der Waals surface area contributed by atoms with Crippen molar-refractivity contribution in [2.45, 2.75) is 25.7 Å². The predicted octanol–water partition coefficient (Wildman–Crippen LogP) is 5.25. The number of primary amides is 1. The van der Waals surface area contributed by atoms with Crippen LogP contribution >= 0.6 is 11.3 Å². The van der Waals surface area contributed by atoms with Crippen LogP contribution in [0.3, 0.4) is 0 Å². The predicted molar refractivity (Wildman–Crippen MR) is 126 cm³/mol. The first-order valence-electron chi connectivity index (χ1n) is 10.6. The Labute approximate surface area is 187 Å². The molecule has 6 rings (SSSR count). The summed E-state index contributed by atoms with van der Waals surface area (Å²) in [5.74, 6) is 0.232. The molecule has 1 aliphatic carbocycles. The third-order valence-electron chi connectivity index (χ3n) is 5.90. The van der Waals surface area contributed by atoms with Gasteiger partial charge >= 0.3 is 0 Å². The van der Waals surface area contributed by atoms with Crippen molar-refractivity contribution < 1.29 is 9.21 Å². The second-order valence-electron chi connectivity index (χ2n) is 7.97. The monoisotopic (exact) mass is 440 g/mol. The van der Waals surface area contributed by atoms with Crippen molar-refractivity contribution in [3.8, 4) is 11.4 Å². The number of nitrogens with two attached hydrogens (primary N) is 1. The minimum atomic E-state index is -0.436. The zero-order valence-electron chi connectivity index (χ0n) is 17.2. The molecule has 3 aromatic heterocycles. The highest BCUT2D eigenvalue weighted by molar-refractivity contribution is 7.16. The molecule has 5 aromatic rings. The van der Waals surface area contributed by atoms with E-state index in [1.165, 1.54) is 4.88 Å². The molecule has 0 saturated heterocycles. The Hall–Kier alpha value is -3.71. The summed E-state index contributed by atoms with van der Waals surface area (Å²) in [5.41, 5.74) is 11.0. The summed E-state index contributed by atoms with van der Waals surface area (Å²) < 4.78 is 6.24. The van der Waals surface area contributed by atoms with E-state index in [1.807, 2.05) is 54.6 Å². The molecule has 3 heterocycles. The molecule has 6 nitrogen and oxygen atoms in total. The summed E-state index contributed by atoms with van der Waals surface area (Å²) in [4.78, 5) is 26.5. The second kappa shape index (κ2) is 7.46. The summed E-state index contributed by atoms with van der Waals surface area (Å²) in [6, 6.07) is 17.7. The first kappa shape index (κ1) is 19.0. The van der Waals surface area contributed by atoms with Gasteiger partial charge in [-0.1, -0.05) is 30.3 Å². The zero-order valence-corrected chi connectivity index (χ0v) is 18.0. The molecule has 1 aliphatic rings. The van der Waals surface area contributed by atoms with E-state index >= 15 is 0 Å². The lowest BCUT2D eigenvalue weighted by Gasteiger charge is -2.10. The molecular weight excluding hydrogens is 420 g/mol. The number of amides is 1. The van der Waals surface area contributed by atoms with E-state index in [0.29, 0.717) is 27.5 Å². The van der Waals surface area contributed by atoms with Crippen molar-refractivity contribution in [2.24, 2.45) is 10.7 Å². The first-order valence-corrected chi connectivity index (χ1v) is 11.5. The standard InChI is InChI=1S/C25H20N4O2S/c26-22(30)21-15-8-2-6-12-20(15)32-25(21)29-24-16(13-14-7-1-5-11-19(14)31-24)23-27-17-9-3-4-10-18(17)28-23/h1,3-5,7,9-11,13H,2,6,8,12H2,(H2,26,30)(H,27,28)/b29-24-. The van der Waals surface area contributed by atoms with Crippen molar-refractivity contribution in [1.82, 2.24) is 9.97 Å². The molecule has 0 fully saturated rings. The number of imidazole rings is 1. The van der Waals surface area contributed by atoms with E-state index in [9.17, 15) is 4.79 Å². The number of para-hydroxylation sites is 3. The molecule has 0 unspecified atom stereocenters. The van der Waals surface area contributed by atoms with Crippen LogP contribution in [0.25, 0.3) is 33.4 Å². The summed E-state index contributed by atoms with van der Waals surface area (Å²) in [6.45, 7) is 0. The fourth-order valence-corrected chi connectivity index (χ4v) is 5.64. The van der Waals surface area contributed by atoms with E-state index in [0.717, 1.165) is 53.2 Å². The van der Waals surface area contributed by atoms with E-state index in [1.54, 1.807) is 11.3 Å².